The number of β-amino-alcohol motifs (C(OH)–C–C–N with tert-alkyl or cyclic N) is 1. The van der Waals surface area contributed by atoms with Crippen molar-refractivity contribution in [3.05, 3.63) is 118 Å². The molecule has 1 saturated heterocycles. The second-order valence-corrected chi connectivity index (χ2v) is 13.5. The van der Waals surface area contributed by atoms with E-state index in [2.05, 4.69) is 59.9 Å². The summed E-state index contributed by atoms with van der Waals surface area (Å²) in [7, 11) is 0. The van der Waals surface area contributed by atoms with Crippen LogP contribution in [-0.2, 0) is 24.6 Å². The molecule has 0 radical (unpaired) electrons. The van der Waals surface area contributed by atoms with Gasteiger partial charge in [-0.25, -0.2) is 0 Å². The first-order chi connectivity index (χ1) is 25.2. The zero-order valence-electron chi connectivity index (χ0n) is 30.0. The monoisotopic (exact) mass is 722 g/mol. The summed E-state index contributed by atoms with van der Waals surface area (Å²) in [5.41, 5.74) is 7.47. The van der Waals surface area contributed by atoms with Crippen LogP contribution in [0, 0.1) is 25.2 Å². The van der Waals surface area contributed by atoms with Crippen molar-refractivity contribution in [1.29, 1.82) is 5.26 Å². The van der Waals surface area contributed by atoms with Gasteiger partial charge in [-0.3, -0.25) is 9.78 Å². The number of pyridine rings is 1. The lowest BCUT2D eigenvalue weighted by Gasteiger charge is -2.19. The van der Waals surface area contributed by atoms with Crippen molar-refractivity contribution in [3.8, 4) is 34.4 Å². The Morgan fingerprint density at radius 2 is 1.81 bits per heavy atom. The van der Waals surface area contributed by atoms with Gasteiger partial charge < -0.3 is 29.5 Å². The summed E-state index contributed by atoms with van der Waals surface area (Å²) in [5, 5.41) is 22.9. The Hall–Kier alpha value is -4.72. The summed E-state index contributed by atoms with van der Waals surface area (Å²) in [6.07, 6.45) is 7.19. The fourth-order valence-corrected chi connectivity index (χ4v) is 6.54. The number of nitriles is 1. The second kappa shape index (κ2) is 19.2. The Kier molecular flexibility index (Phi) is 14.2. The minimum absolute atomic E-state index is 0.0176. The molecule has 0 spiro atoms. The Morgan fingerprint density at radius 1 is 1.02 bits per heavy atom. The maximum absolute atomic E-state index is 11.6. The highest BCUT2D eigenvalue weighted by Crippen LogP contribution is 2.36. The average Bonchev–Trinajstić information content (AvgIpc) is 3.58. The van der Waals surface area contributed by atoms with Crippen molar-refractivity contribution in [3.63, 3.8) is 0 Å². The summed E-state index contributed by atoms with van der Waals surface area (Å²) in [4.78, 5) is 18.0. The van der Waals surface area contributed by atoms with Gasteiger partial charge >= 0.3 is 0 Å². The number of hydrogen-bond acceptors (Lipinski definition) is 9. The molecule has 2 heterocycles. The van der Waals surface area contributed by atoms with Crippen molar-refractivity contribution in [2.24, 2.45) is 0 Å². The van der Waals surface area contributed by atoms with E-state index in [1.807, 2.05) is 24.3 Å². The summed E-state index contributed by atoms with van der Waals surface area (Å²) in [6, 6.07) is 19.9. The van der Waals surface area contributed by atoms with Crippen molar-refractivity contribution in [1.82, 2.24) is 15.2 Å². The molecule has 0 amide bonds. The van der Waals surface area contributed by atoms with E-state index in [-0.39, 0.29) is 18.5 Å². The highest BCUT2D eigenvalue weighted by Gasteiger charge is 2.20. The number of aliphatic hydroxyl groups excluding tert-OH is 1. The number of carbonyl (C=O) groups excluding carboxylic acids is 1. The Morgan fingerprint density at radius 3 is 2.58 bits per heavy atom. The van der Waals surface area contributed by atoms with Crippen LogP contribution in [0.4, 0.5) is 0 Å². The molecule has 9 nitrogen and oxygen atoms in total. The molecule has 1 atom stereocenters. The quantitative estimate of drug-likeness (QED) is 0.0749. The molecule has 5 rings (SSSR count). The first kappa shape index (κ1) is 38.5. The van der Waals surface area contributed by atoms with Crippen LogP contribution in [0.3, 0.4) is 0 Å². The van der Waals surface area contributed by atoms with Crippen molar-refractivity contribution in [2.45, 2.75) is 65.4 Å². The first-order valence-electron chi connectivity index (χ1n) is 17.8. The number of likely N-dealkylation sites (tertiary alicyclic amines) is 1. The molecule has 4 aromatic rings. The number of benzene rings is 3. The lowest BCUT2D eigenvalue weighted by molar-refractivity contribution is -0.114. The number of ketones is 1. The summed E-state index contributed by atoms with van der Waals surface area (Å²) < 4.78 is 18.8. The van der Waals surface area contributed by atoms with E-state index in [4.69, 9.17) is 25.8 Å². The smallest absolute Gasteiger partial charge is 0.155 e. The Labute approximate surface area is 311 Å². The number of ether oxygens (including phenoxy) is 3. The number of aromatic nitrogens is 1. The zero-order chi connectivity index (χ0) is 36.9. The zero-order valence-corrected chi connectivity index (χ0v) is 30.8. The van der Waals surface area contributed by atoms with Crippen LogP contribution in [0.5, 0.6) is 17.2 Å². The van der Waals surface area contributed by atoms with Crippen LogP contribution < -0.4 is 19.5 Å². The molecule has 10 heteroatoms. The molecule has 3 aromatic carbocycles. The van der Waals surface area contributed by atoms with E-state index in [9.17, 15) is 15.2 Å². The molecular formula is C42H47ClN4O5. The largest absolute Gasteiger partial charge is 0.493 e. The minimum Gasteiger partial charge on any atom is -0.493 e. The maximum atomic E-state index is 11.6. The SMILES string of the molecule is C=CC(=O)CCCNCc1cc(Cl)c(OCc2cccc(-c3cccc(OCCCN4CC[C@@H](O)C4)c3C)c2C)cc1OCc1cncc(C#N)c1. The molecule has 1 aliphatic rings. The van der Waals surface area contributed by atoms with E-state index in [0.29, 0.717) is 61.2 Å². The molecular weight excluding hydrogens is 676 g/mol. The minimum atomic E-state index is -0.206. The van der Waals surface area contributed by atoms with E-state index >= 15 is 0 Å². The summed E-state index contributed by atoms with van der Waals surface area (Å²) >= 11 is 6.79. The summed E-state index contributed by atoms with van der Waals surface area (Å²) in [6.45, 7) is 12.6. The highest BCUT2D eigenvalue weighted by atomic mass is 35.5. The standard InChI is InChI=1S/C42H47ClN4O5/c1-4-35(48)10-7-15-45-25-34-20-39(43)42(21-41(34)51-27-32-19-31(22-44)23-46-24-32)52-28-33-9-5-11-37(29(33)2)38-12-6-13-40(30(38)3)50-18-8-16-47-17-14-36(49)26-47/h4-6,9,11-13,19-21,23-24,36,45,49H,1,7-8,10,14-18,25-28H2,2-3H3/t36-/m1/s1. The third-order valence-corrected chi connectivity index (χ3v) is 9.58. The van der Waals surface area contributed by atoms with Gasteiger partial charge in [-0.15, -0.1) is 0 Å². The number of nitrogens with one attached hydrogen (secondary N) is 1. The van der Waals surface area contributed by atoms with Gasteiger partial charge in [0.15, 0.2) is 5.78 Å². The number of nitrogens with zero attached hydrogens (tertiary/aromatic N) is 3. The van der Waals surface area contributed by atoms with E-state index < -0.39 is 0 Å². The molecule has 1 fully saturated rings. The predicted molar refractivity (Wildman–Crippen MR) is 204 cm³/mol. The molecule has 2 N–H and O–H groups in total. The second-order valence-electron chi connectivity index (χ2n) is 13.1. The van der Waals surface area contributed by atoms with Gasteiger partial charge in [-0.1, -0.05) is 48.5 Å². The van der Waals surface area contributed by atoms with Gasteiger partial charge in [0.1, 0.15) is 36.5 Å². The average molecular weight is 723 g/mol. The van der Waals surface area contributed by atoms with Crippen LogP contribution >= 0.6 is 11.6 Å². The lowest BCUT2D eigenvalue weighted by Crippen LogP contribution is -2.24. The normalized spacial score (nSPS) is 14.2. The number of aliphatic hydroxyl groups is 1. The molecule has 1 aliphatic heterocycles. The van der Waals surface area contributed by atoms with Crippen LogP contribution in [0.25, 0.3) is 11.1 Å². The van der Waals surface area contributed by atoms with Crippen molar-refractivity contribution < 1.29 is 24.1 Å². The first-order valence-corrected chi connectivity index (χ1v) is 18.1. The topological polar surface area (TPSA) is 117 Å². The third-order valence-electron chi connectivity index (χ3n) is 9.28. The van der Waals surface area contributed by atoms with Gasteiger partial charge in [0, 0.05) is 62.2 Å². The number of halogens is 1. The molecule has 52 heavy (non-hydrogen) atoms. The van der Waals surface area contributed by atoms with E-state index in [1.54, 1.807) is 18.3 Å². The van der Waals surface area contributed by atoms with Gasteiger partial charge in [0.25, 0.3) is 0 Å². The molecule has 0 saturated carbocycles. The highest BCUT2D eigenvalue weighted by molar-refractivity contribution is 6.32. The van der Waals surface area contributed by atoms with E-state index in [0.717, 1.165) is 77.2 Å². The van der Waals surface area contributed by atoms with Gasteiger partial charge in [-0.05, 0) is 91.7 Å². The molecule has 0 aliphatic carbocycles. The van der Waals surface area contributed by atoms with Gasteiger partial charge in [-0.2, -0.15) is 5.26 Å². The van der Waals surface area contributed by atoms with E-state index in [1.165, 1.54) is 12.3 Å². The molecule has 0 unspecified atom stereocenters. The fraction of sp³-hybridized carbons (Fsp3) is 0.357. The van der Waals surface area contributed by atoms with Gasteiger partial charge in [0.05, 0.1) is 23.3 Å². The van der Waals surface area contributed by atoms with Crippen LogP contribution in [0.1, 0.15) is 59.1 Å². The van der Waals surface area contributed by atoms with Gasteiger partial charge in [0.2, 0.25) is 0 Å². The van der Waals surface area contributed by atoms with Crippen LogP contribution in [0.2, 0.25) is 5.02 Å². The molecule has 272 valence electrons. The van der Waals surface area contributed by atoms with Crippen molar-refractivity contribution >= 4 is 17.4 Å². The number of hydrogen-bond donors (Lipinski definition) is 2. The number of allylic oxidation sites excluding steroid dienone is 1. The molecule has 0 bridgehead atoms. The lowest BCUT2D eigenvalue weighted by atomic mass is 9.93. The fourth-order valence-electron chi connectivity index (χ4n) is 6.30. The number of rotatable bonds is 19. The number of carbonyl (C=O) groups is 1. The third kappa shape index (κ3) is 10.7. The maximum Gasteiger partial charge on any atom is 0.155 e. The predicted octanol–water partition coefficient (Wildman–Crippen LogP) is 7.51. The van der Waals surface area contributed by atoms with Crippen LogP contribution in [0.15, 0.2) is 79.6 Å². The Balaban J connectivity index is 1.27. The van der Waals surface area contributed by atoms with Crippen LogP contribution in [-0.4, -0.2) is 59.7 Å². The summed E-state index contributed by atoms with van der Waals surface area (Å²) in [5.74, 6) is 1.96. The molecule has 1 aromatic heterocycles. The Bertz CT molecular complexity index is 1890. The van der Waals surface area contributed by atoms with Crippen molar-refractivity contribution in [2.75, 3.05) is 32.8 Å².